The molecule has 2 aliphatic rings. The van der Waals surface area contributed by atoms with Crippen molar-refractivity contribution in [2.24, 2.45) is 5.92 Å². The molecule has 1 unspecified atom stereocenters. The van der Waals surface area contributed by atoms with E-state index in [1.54, 1.807) is 4.31 Å². The second-order valence-electron chi connectivity index (χ2n) is 5.56. The smallest absolute Gasteiger partial charge is 0.282 e. The molecule has 1 aromatic rings. The summed E-state index contributed by atoms with van der Waals surface area (Å²) >= 11 is 0. The third kappa shape index (κ3) is 2.48. The highest BCUT2D eigenvalue weighted by atomic mass is 32.2. The molecule has 1 aromatic carbocycles. The first kappa shape index (κ1) is 14.0. The topological polar surface area (TPSA) is 60.9 Å². The van der Waals surface area contributed by atoms with Gasteiger partial charge in [0.2, 0.25) is 0 Å². The molecule has 110 valence electrons. The van der Waals surface area contributed by atoms with Gasteiger partial charge in [0.05, 0.1) is 0 Å². The van der Waals surface area contributed by atoms with E-state index >= 15 is 0 Å². The Kier molecular flexibility index (Phi) is 3.81. The van der Waals surface area contributed by atoms with Crippen LogP contribution in [-0.2, 0) is 23.2 Å². The van der Waals surface area contributed by atoms with E-state index in [0.717, 1.165) is 18.4 Å². The lowest BCUT2D eigenvalue weighted by Crippen LogP contribution is -2.45. The SMILES string of the molecule is O=S(=O)(N1CCc2ccccc2C1)N1CCC(CO)C1. The van der Waals surface area contributed by atoms with E-state index in [9.17, 15) is 8.42 Å². The monoisotopic (exact) mass is 296 g/mol. The summed E-state index contributed by atoms with van der Waals surface area (Å²) in [5, 5.41) is 9.15. The summed E-state index contributed by atoms with van der Waals surface area (Å²) in [6, 6.07) is 8.01. The number of nitrogens with zero attached hydrogens (tertiary/aromatic N) is 2. The molecule has 6 heteroatoms. The van der Waals surface area contributed by atoms with Gasteiger partial charge in [-0.2, -0.15) is 17.0 Å². The minimum absolute atomic E-state index is 0.0643. The van der Waals surface area contributed by atoms with Crippen LogP contribution >= 0.6 is 0 Å². The fourth-order valence-corrected chi connectivity index (χ4v) is 4.67. The van der Waals surface area contributed by atoms with Crippen molar-refractivity contribution in [1.82, 2.24) is 8.61 Å². The summed E-state index contributed by atoms with van der Waals surface area (Å²) in [6.45, 7) is 2.02. The first-order valence-electron chi connectivity index (χ1n) is 7.04. The summed E-state index contributed by atoms with van der Waals surface area (Å²) in [6.07, 6.45) is 1.52. The van der Waals surface area contributed by atoms with Crippen molar-refractivity contribution < 1.29 is 13.5 Å². The van der Waals surface area contributed by atoms with E-state index in [2.05, 4.69) is 6.07 Å². The Morgan fingerprint density at radius 3 is 2.60 bits per heavy atom. The largest absolute Gasteiger partial charge is 0.396 e. The molecular weight excluding hydrogens is 276 g/mol. The van der Waals surface area contributed by atoms with E-state index in [-0.39, 0.29) is 12.5 Å². The molecule has 1 atom stereocenters. The summed E-state index contributed by atoms with van der Waals surface area (Å²) < 4.78 is 28.3. The lowest BCUT2D eigenvalue weighted by molar-refractivity contribution is 0.231. The number of hydrogen-bond acceptors (Lipinski definition) is 3. The van der Waals surface area contributed by atoms with Gasteiger partial charge in [-0.25, -0.2) is 0 Å². The number of aliphatic hydroxyl groups excluding tert-OH is 1. The number of aliphatic hydroxyl groups is 1. The zero-order valence-electron chi connectivity index (χ0n) is 11.4. The zero-order chi connectivity index (χ0) is 14.2. The first-order chi connectivity index (χ1) is 9.61. The van der Waals surface area contributed by atoms with E-state index in [1.807, 2.05) is 18.2 Å². The number of rotatable bonds is 3. The maximum Gasteiger partial charge on any atom is 0.282 e. The highest BCUT2D eigenvalue weighted by molar-refractivity contribution is 7.86. The minimum Gasteiger partial charge on any atom is -0.396 e. The lowest BCUT2D eigenvalue weighted by Gasteiger charge is -2.31. The van der Waals surface area contributed by atoms with Crippen molar-refractivity contribution in [2.75, 3.05) is 26.2 Å². The normalized spacial score (nSPS) is 24.8. The number of hydrogen-bond donors (Lipinski definition) is 1. The minimum atomic E-state index is -3.39. The Labute approximate surface area is 120 Å². The predicted octanol–water partition coefficient (Wildman–Crippen LogP) is 0.604. The zero-order valence-corrected chi connectivity index (χ0v) is 12.2. The summed E-state index contributed by atoms with van der Waals surface area (Å²) in [5.41, 5.74) is 2.34. The molecule has 1 N–H and O–H groups in total. The van der Waals surface area contributed by atoms with Gasteiger partial charge in [-0.15, -0.1) is 0 Å². The molecule has 0 amide bonds. The molecular formula is C14H20N2O3S. The Bertz CT molecular complexity index is 588. The Hall–Kier alpha value is -0.950. The van der Waals surface area contributed by atoms with Crippen LogP contribution < -0.4 is 0 Å². The maximum atomic E-state index is 12.6. The summed E-state index contributed by atoms with van der Waals surface area (Å²) in [4.78, 5) is 0. The van der Waals surface area contributed by atoms with Gasteiger partial charge in [-0.1, -0.05) is 24.3 Å². The van der Waals surface area contributed by atoms with Crippen LogP contribution in [0.25, 0.3) is 0 Å². The van der Waals surface area contributed by atoms with Crippen LogP contribution in [0.15, 0.2) is 24.3 Å². The molecule has 0 aromatic heterocycles. The van der Waals surface area contributed by atoms with Gasteiger partial charge < -0.3 is 5.11 Å². The van der Waals surface area contributed by atoms with E-state index in [0.29, 0.717) is 26.2 Å². The van der Waals surface area contributed by atoms with Crippen LogP contribution in [0, 0.1) is 5.92 Å². The molecule has 3 rings (SSSR count). The molecule has 0 saturated carbocycles. The molecule has 2 heterocycles. The van der Waals surface area contributed by atoms with Crippen molar-refractivity contribution in [3.8, 4) is 0 Å². The highest BCUT2D eigenvalue weighted by Crippen LogP contribution is 2.26. The molecule has 20 heavy (non-hydrogen) atoms. The second-order valence-corrected chi connectivity index (χ2v) is 7.48. The Morgan fingerprint density at radius 2 is 1.90 bits per heavy atom. The molecule has 1 saturated heterocycles. The Balaban J connectivity index is 1.77. The van der Waals surface area contributed by atoms with Gasteiger partial charge in [0.15, 0.2) is 0 Å². The van der Waals surface area contributed by atoms with Gasteiger partial charge >= 0.3 is 0 Å². The molecule has 0 aliphatic carbocycles. The van der Waals surface area contributed by atoms with Crippen LogP contribution in [0.4, 0.5) is 0 Å². The van der Waals surface area contributed by atoms with Crippen molar-refractivity contribution in [1.29, 1.82) is 0 Å². The summed E-state index contributed by atoms with van der Waals surface area (Å²) in [5.74, 6) is 0.0850. The standard InChI is InChI=1S/C14H20N2O3S/c17-11-12-5-7-15(9-12)20(18,19)16-8-6-13-3-1-2-4-14(13)10-16/h1-4,12,17H,5-11H2. The fourth-order valence-electron chi connectivity index (χ4n) is 2.99. The van der Waals surface area contributed by atoms with Crippen molar-refractivity contribution in [3.63, 3.8) is 0 Å². The van der Waals surface area contributed by atoms with Gasteiger partial charge in [0.25, 0.3) is 10.2 Å². The third-order valence-corrected chi connectivity index (χ3v) is 6.20. The Morgan fingerprint density at radius 1 is 1.15 bits per heavy atom. The molecule has 5 nitrogen and oxygen atoms in total. The second kappa shape index (κ2) is 5.44. The van der Waals surface area contributed by atoms with Crippen LogP contribution in [0.3, 0.4) is 0 Å². The van der Waals surface area contributed by atoms with E-state index < -0.39 is 10.2 Å². The fraction of sp³-hybridized carbons (Fsp3) is 0.571. The van der Waals surface area contributed by atoms with E-state index in [4.69, 9.17) is 5.11 Å². The van der Waals surface area contributed by atoms with Crippen LogP contribution in [0.5, 0.6) is 0 Å². The molecule has 0 bridgehead atoms. The van der Waals surface area contributed by atoms with Gasteiger partial charge in [0.1, 0.15) is 0 Å². The molecule has 0 spiro atoms. The van der Waals surface area contributed by atoms with Gasteiger partial charge in [0, 0.05) is 32.8 Å². The maximum absolute atomic E-state index is 12.6. The number of benzene rings is 1. The van der Waals surface area contributed by atoms with Crippen molar-refractivity contribution >= 4 is 10.2 Å². The van der Waals surface area contributed by atoms with E-state index in [1.165, 1.54) is 9.87 Å². The summed E-state index contributed by atoms with van der Waals surface area (Å²) in [7, 11) is -3.39. The highest BCUT2D eigenvalue weighted by Gasteiger charge is 2.36. The van der Waals surface area contributed by atoms with Crippen LogP contribution in [0.2, 0.25) is 0 Å². The first-order valence-corrected chi connectivity index (χ1v) is 8.44. The average molecular weight is 296 g/mol. The molecule has 2 aliphatic heterocycles. The van der Waals surface area contributed by atoms with Crippen molar-refractivity contribution in [3.05, 3.63) is 35.4 Å². The van der Waals surface area contributed by atoms with Gasteiger partial charge in [-0.3, -0.25) is 0 Å². The quantitative estimate of drug-likeness (QED) is 0.889. The molecule has 1 fully saturated rings. The van der Waals surface area contributed by atoms with Crippen LogP contribution in [0.1, 0.15) is 17.5 Å². The third-order valence-electron chi connectivity index (χ3n) is 4.25. The number of fused-ring (bicyclic) bond motifs is 1. The lowest BCUT2D eigenvalue weighted by atomic mass is 10.0. The molecule has 0 radical (unpaired) electrons. The predicted molar refractivity (Wildman–Crippen MR) is 76.2 cm³/mol. The average Bonchev–Trinajstić information content (AvgIpc) is 2.96. The van der Waals surface area contributed by atoms with Crippen LogP contribution in [-0.4, -0.2) is 48.4 Å². The van der Waals surface area contributed by atoms with Crippen molar-refractivity contribution in [2.45, 2.75) is 19.4 Å². The van der Waals surface area contributed by atoms with Gasteiger partial charge in [-0.05, 0) is 29.9 Å².